The van der Waals surface area contributed by atoms with E-state index in [2.05, 4.69) is 45.1 Å². The van der Waals surface area contributed by atoms with Crippen molar-refractivity contribution < 1.29 is 19.4 Å². The van der Waals surface area contributed by atoms with E-state index in [1.807, 2.05) is 6.07 Å². The van der Waals surface area contributed by atoms with Gasteiger partial charge in [-0.2, -0.15) is 0 Å². The number of β-amino-alcohol motifs (C(OH)–C–C–N with tert-alkyl or cyclic N) is 1. The number of rotatable bonds is 8. The number of hydrogen-bond donors (Lipinski definition) is 2. The molecule has 2 amide bonds. The molecule has 3 rings (SSSR count). The number of piperidine rings is 1. The number of likely N-dealkylation sites (tertiary alicyclic amines) is 1. The van der Waals surface area contributed by atoms with Gasteiger partial charge in [-0.15, -0.1) is 0 Å². The molecule has 2 aliphatic heterocycles. The summed E-state index contributed by atoms with van der Waals surface area (Å²) in [5.41, 5.74) is 2.71. The van der Waals surface area contributed by atoms with Crippen molar-refractivity contribution in [3.8, 4) is 0 Å². The first kappa shape index (κ1) is 25.6. The summed E-state index contributed by atoms with van der Waals surface area (Å²) in [5, 5.41) is 13.2. The first-order valence-corrected chi connectivity index (χ1v) is 11.7. The van der Waals surface area contributed by atoms with E-state index in [1.165, 1.54) is 17.2 Å². The summed E-state index contributed by atoms with van der Waals surface area (Å²) in [6.07, 6.45) is 3.01. The largest absolute Gasteiger partial charge is 0.474 e. The smallest absolute Gasteiger partial charge is 0.270 e. The molecular weight excluding hydrogens is 434 g/mol. The zero-order valence-electron chi connectivity index (χ0n) is 20.1. The highest BCUT2D eigenvalue weighted by Gasteiger charge is 2.23. The van der Waals surface area contributed by atoms with Gasteiger partial charge in [0.1, 0.15) is 11.8 Å². The van der Waals surface area contributed by atoms with Crippen LogP contribution in [0, 0.1) is 0 Å². The Morgan fingerprint density at radius 3 is 2.62 bits per heavy atom. The van der Waals surface area contributed by atoms with E-state index in [0.717, 1.165) is 19.5 Å². The molecule has 9 nitrogen and oxygen atoms in total. The number of nitrogens with one attached hydrogen (secondary N) is 1. The van der Waals surface area contributed by atoms with Crippen LogP contribution in [0.15, 0.2) is 46.0 Å². The van der Waals surface area contributed by atoms with Crippen LogP contribution < -0.4 is 5.32 Å². The number of carbonyl (C=O) groups excluding carboxylic acids is 2. The second-order valence-electron chi connectivity index (χ2n) is 8.69. The topological polar surface area (TPSA) is 107 Å². The van der Waals surface area contributed by atoms with Crippen molar-refractivity contribution >= 4 is 24.4 Å². The van der Waals surface area contributed by atoms with Gasteiger partial charge in [0.15, 0.2) is 0 Å². The van der Waals surface area contributed by atoms with E-state index < -0.39 is 12.0 Å². The Labute approximate surface area is 201 Å². The van der Waals surface area contributed by atoms with E-state index in [9.17, 15) is 14.7 Å². The minimum atomic E-state index is -0.706. The Hall–Kier alpha value is -3.04. The lowest BCUT2D eigenvalue weighted by atomic mass is 10.00. The van der Waals surface area contributed by atoms with Crippen molar-refractivity contribution in [3.05, 3.63) is 47.2 Å². The van der Waals surface area contributed by atoms with Crippen molar-refractivity contribution in [2.24, 2.45) is 9.98 Å². The molecule has 0 unspecified atom stereocenters. The molecule has 9 heteroatoms. The Balaban J connectivity index is 1.46. The van der Waals surface area contributed by atoms with Crippen LogP contribution in [-0.2, 0) is 27.3 Å². The molecule has 0 saturated carbocycles. The van der Waals surface area contributed by atoms with E-state index >= 15 is 0 Å². The van der Waals surface area contributed by atoms with E-state index in [4.69, 9.17) is 4.74 Å². The lowest BCUT2D eigenvalue weighted by Crippen LogP contribution is -2.42. The minimum Gasteiger partial charge on any atom is -0.474 e. The fraction of sp³-hybridized carbons (Fsp3) is 0.520. The molecule has 2 heterocycles. The van der Waals surface area contributed by atoms with Crippen LogP contribution in [0.3, 0.4) is 0 Å². The highest BCUT2D eigenvalue weighted by atomic mass is 16.5. The first-order chi connectivity index (χ1) is 16.4. The number of amides is 2. The Bertz CT molecular complexity index is 937. The molecule has 0 bridgehead atoms. The van der Waals surface area contributed by atoms with Crippen LogP contribution in [0.2, 0.25) is 0 Å². The number of benzene rings is 1. The number of fused-ring (bicyclic) bond motifs is 1. The maximum atomic E-state index is 12.6. The third kappa shape index (κ3) is 7.23. The SMILES string of the molecule is C=N/C(=C\C(=N/C)OC1CCN(C(C)=O)CC1)C(=O)NC[C@H](O)CN1CCc2ccccc2C1. The highest BCUT2D eigenvalue weighted by Crippen LogP contribution is 2.18. The van der Waals surface area contributed by atoms with Crippen LogP contribution >= 0.6 is 0 Å². The summed E-state index contributed by atoms with van der Waals surface area (Å²) >= 11 is 0. The van der Waals surface area contributed by atoms with Crippen molar-refractivity contribution in [1.82, 2.24) is 15.1 Å². The minimum absolute atomic E-state index is 0.0600. The molecule has 0 aliphatic carbocycles. The van der Waals surface area contributed by atoms with Crippen LogP contribution in [0.4, 0.5) is 0 Å². The van der Waals surface area contributed by atoms with Crippen LogP contribution in [0.25, 0.3) is 0 Å². The van der Waals surface area contributed by atoms with Crippen LogP contribution in [0.1, 0.15) is 30.9 Å². The van der Waals surface area contributed by atoms with Gasteiger partial charge in [0.2, 0.25) is 11.8 Å². The van der Waals surface area contributed by atoms with Gasteiger partial charge in [0.25, 0.3) is 5.91 Å². The fourth-order valence-corrected chi connectivity index (χ4v) is 4.28. The molecule has 0 aromatic heterocycles. The summed E-state index contributed by atoms with van der Waals surface area (Å²) in [6, 6.07) is 8.34. The van der Waals surface area contributed by atoms with Crippen molar-refractivity contribution in [3.63, 3.8) is 0 Å². The summed E-state index contributed by atoms with van der Waals surface area (Å²) in [7, 11) is 1.58. The van der Waals surface area contributed by atoms with Gasteiger partial charge in [-0.25, -0.2) is 0 Å². The normalized spacial score (nSPS) is 18.7. The maximum absolute atomic E-state index is 12.6. The molecule has 1 atom stereocenters. The van der Waals surface area contributed by atoms with Gasteiger partial charge in [-0.3, -0.25) is 24.5 Å². The average molecular weight is 470 g/mol. The number of aliphatic hydroxyl groups excluding tert-OH is 1. The van der Waals surface area contributed by atoms with Gasteiger partial charge in [-0.05, 0) is 24.3 Å². The molecular formula is C25H35N5O4. The van der Waals surface area contributed by atoms with E-state index in [-0.39, 0.29) is 30.2 Å². The Morgan fingerprint density at radius 2 is 1.97 bits per heavy atom. The predicted molar refractivity (Wildman–Crippen MR) is 132 cm³/mol. The lowest BCUT2D eigenvalue weighted by Gasteiger charge is -2.31. The number of aliphatic hydroxyl groups is 1. The first-order valence-electron chi connectivity index (χ1n) is 11.7. The van der Waals surface area contributed by atoms with Gasteiger partial charge in [0.05, 0.1) is 6.10 Å². The fourth-order valence-electron chi connectivity index (χ4n) is 4.28. The lowest BCUT2D eigenvalue weighted by molar-refractivity contribution is -0.130. The average Bonchev–Trinajstić information content (AvgIpc) is 2.85. The molecule has 0 spiro atoms. The third-order valence-corrected chi connectivity index (χ3v) is 6.24. The number of aliphatic imine (C=N–C) groups is 2. The van der Waals surface area contributed by atoms with Crippen molar-refractivity contribution in [2.75, 3.05) is 39.8 Å². The van der Waals surface area contributed by atoms with E-state index in [0.29, 0.717) is 32.5 Å². The van der Waals surface area contributed by atoms with Crippen molar-refractivity contribution in [1.29, 1.82) is 0 Å². The predicted octanol–water partition coefficient (Wildman–Crippen LogP) is 1.16. The standard InChI is InChI=1S/C25H35N5O4/c1-18(31)30-12-9-22(10-13-30)34-24(27-3)14-23(26-2)25(33)28-15-21(32)17-29-11-8-19-6-4-5-7-20(19)16-29/h4-7,14,21-22,32H,2,8-13,15-17H2,1,3H3,(H,28,33)/b23-14-,27-24+/t21-/m0/s1. The molecule has 34 heavy (non-hydrogen) atoms. The molecule has 184 valence electrons. The summed E-state index contributed by atoms with van der Waals surface area (Å²) < 4.78 is 5.92. The molecule has 2 aliphatic rings. The zero-order valence-corrected chi connectivity index (χ0v) is 20.1. The van der Waals surface area contributed by atoms with Gasteiger partial charge in [0, 0.05) is 72.2 Å². The second-order valence-corrected chi connectivity index (χ2v) is 8.69. The number of hydrogen-bond acceptors (Lipinski definition) is 7. The van der Waals surface area contributed by atoms with Gasteiger partial charge >= 0.3 is 0 Å². The van der Waals surface area contributed by atoms with Crippen LogP contribution in [0.5, 0.6) is 0 Å². The summed E-state index contributed by atoms with van der Waals surface area (Å²) in [6.45, 7) is 8.55. The number of carbonyl (C=O) groups is 2. The number of ether oxygens (including phenoxy) is 1. The monoisotopic (exact) mass is 469 g/mol. The second kappa shape index (κ2) is 12.4. The quantitative estimate of drug-likeness (QED) is 0.338. The summed E-state index contributed by atoms with van der Waals surface area (Å²) in [5.74, 6) is -0.106. The molecule has 1 fully saturated rings. The van der Waals surface area contributed by atoms with Crippen LogP contribution in [-0.4, -0.2) is 91.3 Å². The third-order valence-electron chi connectivity index (χ3n) is 6.24. The molecule has 1 saturated heterocycles. The van der Waals surface area contributed by atoms with Crippen molar-refractivity contribution in [2.45, 2.75) is 44.9 Å². The Morgan fingerprint density at radius 1 is 1.26 bits per heavy atom. The summed E-state index contributed by atoms with van der Waals surface area (Å²) in [4.78, 5) is 36.0. The number of nitrogens with zero attached hydrogens (tertiary/aromatic N) is 4. The molecule has 0 radical (unpaired) electrons. The van der Waals surface area contributed by atoms with E-state index in [1.54, 1.807) is 18.9 Å². The maximum Gasteiger partial charge on any atom is 0.270 e. The molecule has 1 aromatic rings. The highest BCUT2D eigenvalue weighted by molar-refractivity contribution is 6.01. The Kier molecular flexibility index (Phi) is 9.35. The van der Waals surface area contributed by atoms with Gasteiger partial charge < -0.3 is 20.1 Å². The molecule has 1 aromatic carbocycles. The molecule has 2 N–H and O–H groups in total. The zero-order chi connectivity index (χ0) is 24.5. The van der Waals surface area contributed by atoms with Gasteiger partial charge in [-0.1, -0.05) is 24.3 Å².